The number of hydrogen-bond acceptors (Lipinski definition) is 3. The van der Waals surface area contributed by atoms with E-state index in [0.29, 0.717) is 6.42 Å². The molecule has 1 aromatic rings. The van der Waals surface area contributed by atoms with Gasteiger partial charge in [0.1, 0.15) is 0 Å². The molecule has 0 bridgehead atoms. The van der Waals surface area contributed by atoms with E-state index in [1.807, 2.05) is 0 Å². The van der Waals surface area contributed by atoms with Crippen molar-refractivity contribution in [2.45, 2.75) is 26.3 Å². The standard InChI is InChI=1S/C9H12N2S/c1-6-5-9(12-7(6)2)8(11)3-4-10/h5,8H,3,11H2,1-2H3/t8-/m1/s1. The van der Waals surface area contributed by atoms with Crippen LogP contribution in [0.1, 0.15) is 27.8 Å². The second-order valence-corrected chi connectivity index (χ2v) is 4.14. The zero-order valence-electron chi connectivity index (χ0n) is 7.29. The first kappa shape index (κ1) is 9.24. The van der Waals surface area contributed by atoms with Crippen LogP contribution in [0.25, 0.3) is 0 Å². The van der Waals surface area contributed by atoms with Gasteiger partial charge in [-0.3, -0.25) is 0 Å². The van der Waals surface area contributed by atoms with Crippen LogP contribution in [0.15, 0.2) is 6.07 Å². The maximum Gasteiger partial charge on any atom is 0.0642 e. The lowest BCUT2D eigenvalue weighted by Crippen LogP contribution is -2.06. The molecule has 0 aliphatic carbocycles. The molecule has 0 unspecified atom stereocenters. The van der Waals surface area contributed by atoms with Crippen molar-refractivity contribution in [2.24, 2.45) is 5.73 Å². The average molecular weight is 180 g/mol. The molecule has 0 amide bonds. The van der Waals surface area contributed by atoms with Crippen molar-refractivity contribution >= 4 is 11.3 Å². The van der Waals surface area contributed by atoms with Gasteiger partial charge in [0.05, 0.1) is 18.5 Å². The summed E-state index contributed by atoms with van der Waals surface area (Å²) in [5.41, 5.74) is 7.04. The zero-order chi connectivity index (χ0) is 9.14. The Labute approximate surface area is 76.6 Å². The Balaban J connectivity index is 2.83. The van der Waals surface area contributed by atoms with E-state index in [4.69, 9.17) is 11.0 Å². The lowest BCUT2D eigenvalue weighted by Gasteiger charge is -2.01. The molecule has 64 valence electrons. The minimum atomic E-state index is -0.104. The highest BCUT2D eigenvalue weighted by molar-refractivity contribution is 7.12. The van der Waals surface area contributed by atoms with Crippen LogP contribution < -0.4 is 5.73 Å². The van der Waals surface area contributed by atoms with Gasteiger partial charge in [-0.05, 0) is 25.5 Å². The highest BCUT2D eigenvalue weighted by Crippen LogP contribution is 2.26. The van der Waals surface area contributed by atoms with Crippen LogP contribution in [0.4, 0.5) is 0 Å². The third-order valence-corrected chi connectivity index (χ3v) is 3.15. The quantitative estimate of drug-likeness (QED) is 0.759. The van der Waals surface area contributed by atoms with Crippen molar-refractivity contribution in [1.29, 1.82) is 5.26 Å². The van der Waals surface area contributed by atoms with Gasteiger partial charge in [0, 0.05) is 9.75 Å². The van der Waals surface area contributed by atoms with Crippen LogP contribution in [0.3, 0.4) is 0 Å². The number of hydrogen-bond donors (Lipinski definition) is 1. The van der Waals surface area contributed by atoms with Gasteiger partial charge >= 0.3 is 0 Å². The van der Waals surface area contributed by atoms with E-state index in [-0.39, 0.29) is 6.04 Å². The maximum atomic E-state index is 8.45. The fourth-order valence-electron chi connectivity index (χ4n) is 0.983. The van der Waals surface area contributed by atoms with Gasteiger partial charge in [-0.15, -0.1) is 11.3 Å². The Morgan fingerprint density at radius 3 is 2.75 bits per heavy atom. The molecule has 0 saturated carbocycles. The Kier molecular flexibility index (Phi) is 2.85. The molecule has 0 radical (unpaired) electrons. The summed E-state index contributed by atoms with van der Waals surface area (Å²) in [4.78, 5) is 2.41. The number of rotatable bonds is 2. The van der Waals surface area contributed by atoms with Crippen LogP contribution in [0.5, 0.6) is 0 Å². The fraction of sp³-hybridized carbons (Fsp3) is 0.444. The highest BCUT2D eigenvalue weighted by Gasteiger charge is 2.09. The number of thiophene rings is 1. The molecule has 0 fully saturated rings. The molecule has 1 atom stereocenters. The maximum absolute atomic E-state index is 8.45. The smallest absolute Gasteiger partial charge is 0.0642 e. The molecular weight excluding hydrogens is 168 g/mol. The van der Waals surface area contributed by atoms with Crippen LogP contribution >= 0.6 is 11.3 Å². The Morgan fingerprint density at radius 1 is 1.67 bits per heavy atom. The number of nitrogens with zero attached hydrogens (tertiary/aromatic N) is 1. The predicted molar refractivity (Wildman–Crippen MR) is 51.0 cm³/mol. The molecule has 3 heteroatoms. The molecule has 1 rings (SSSR count). The van der Waals surface area contributed by atoms with E-state index in [2.05, 4.69) is 26.0 Å². The molecule has 1 heterocycles. The molecule has 0 saturated heterocycles. The van der Waals surface area contributed by atoms with Crippen molar-refractivity contribution in [3.05, 3.63) is 21.4 Å². The van der Waals surface area contributed by atoms with E-state index in [1.54, 1.807) is 11.3 Å². The third-order valence-electron chi connectivity index (χ3n) is 1.86. The molecule has 1 aromatic heterocycles. The van der Waals surface area contributed by atoms with E-state index in [1.165, 1.54) is 10.4 Å². The van der Waals surface area contributed by atoms with Crippen molar-refractivity contribution in [3.63, 3.8) is 0 Å². The number of aryl methyl sites for hydroxylation is 2. The van der Waals surface area contributed by atoms with E-state index < -0.39 is 0 Å². The largest absolute Gasteiger partial charge is 0.322 e. The first-order chi connectivity index (χ1) is 5.65. The van der Waals surface area contributed by atoms with E-state index >= 15 is 0 Å². The van der Waals surface area contributed by atoms with Crippen LogP contribution in [0, 0.1) is 25.2 Å². The summed E-state index contributed by atoms with van der Waals surface area (Å²) in [5.74, 6) is 0. The van der Waals surface area contributed by atoms with Gasteiger partial charge in [0.15, 0.2) is 0 Å². The Morgan fingerprint density at radius 2 is 2.33 bits per heavy atom. The average Bonchev–Trinajstić information content (AvgIpc) is 2.33. The first-order valence-electron chi connectivity index (χ1n) is 3.84. The van der Waals surface area contributed by atoms with Gasteiger partial charge in [-0.25, -0.2) is 0 Å². The number of nitrogens with two attached hydrogens (primary N) is 1. The fourth-order valence-corrected chi connectivity index (χ4v) is 2.03. The topological polar surface area (TPSA) is 49.8 Å². The Hall–Kier alpha value is -0.850. The minimum Gasteiger partial charge on any atom is -0.322 e. The van der Waals surface area contributed by atoms with Crippen molar-refractivity contribution in [1.82, 2.24) is 0 Å². The summed E-state index contributed by atoms with van der Waals surface area (Å²) >= 11 is 1.69. The summed E-state index contributed by atoms with van der Waals surface area (Å²) in [5, 5.41) is 8.45. The second kappa shape index (κ2) is 3.70. The first-order valence-corrected chi connectivity index (χ1v) is 4.66. The lowest BCUT2D eigenvalue weighted by atomic mass is 10.2. The SMILES string of the molecule is Cc1cc([C@H](N)CC#N)sc1C. The molecule has 0 spiro atoms. The summed E-state index contributed by atoms with van der Waals surface area (Å²) in [6, 6.07) is 4.04. The summed E-state index contributed by atoms with van der Waals surface area (Å²) in [6.07, 6.45) is 0.402. The van der Waals surface area contributed by atoms with Crippen molar-refractivity contribution in [2.75, 3.05) is 0 Å². The normalized spacial score (nSPS) is 12.5. The molecule has 2 N–H and O–H groups in total. The van der Waals surface area contributed by atoms with E-state index in [9.17, 15) is 0 Å². The molecule has 0 aliphatic heterocycles. The lowest BCUT2D eigenvalue weighted by molar-refractivity contribution is 0.764. The summed E-state index contributed by atoms with van der Waals surface area (Å²) < 4.78 is 0. The zero-order valence-corrected chi connectivity index (χ0v) is 8.11. The molecule has 0 aromatic carbocycles. The van der Waals surface area contributed by atoms with Gasteiger partial charge in [-0.2, -0.15) is 5.26 Å². The second-order valence-electron chi connectivity index (χ2n) is 2.86. The molecular formula is C9H12N2S. The van der Waals surface area contributed by atoms with Crippen molar-refractivity contribution < 1.29 is 0 Å². The third kappa shape index (κ3) is 1.84. The summed E-state index contributed by atoms with van der Waals surface area (Å²) in [7, 11) is 0. The molecule has 12 heavy (non-hydrogen) atoms. The van der Waals surface area contributed by atoms with E-state index in [0.717, 1.165) is 4.88 Å². The van der Waals surface area contributed by atoms with Gasteiger partial charge in [0.25, 0.3) is 0 Å². The van der Waals surface area contributed by atoms with Crippen LogP contribution in [-0.4, -0.2) is 0 Å². The minimum absolute atomic E-state index is 0.104. The van der Waals surface area contributed by atoms with Gasteiger partial charge in [-0.1, -0.05) is 0 Å². The van der Waals surface area contributed by atoms with Crippen LogP contribution in [0.2, 0.25) is 0 Å². The predicted octanol–water partition coefficient (Wildman–Crippen LogP) is 2.28. The van der Waals surface area contributed by atoms with Crippen LogP contribution in [-0.2, 0) is 0 Å². The summed E-state index contributed by atoms with van der Waals surface area (Å²) in [6.45, 7) is 4.14. The Bertz CT molecular complexity index is 289. The monoisotopic (exact) mass is 180 g/mol. The highest BCUT2D eigenvalue weighted by atomic mass is 32.1. The van der Waals surface area contributed by atoms with Gasteiger partial charge < -0.3 is 5.73 Å². The molecule has 2 nitrogen and oxygen atoms in total. The van der Waals surface area contributed by atoms with Crippen molar-refractivity contribution in [3.8, 4) is 6.07 Å². The number of nitriles is 1. The molecule has 0 aliphatic rings. The van der Waals surface area contributed by atoms with Gasteiger partial charge in [0.2, 0.25) is 0 Å².